The van der Waals surface area contributed by atoms with Crippen LogP contribution in [0.1, 0.15) is 10.6 Å². The van der Waals surface area contributed by atoms with Crippen molar-refractivity contribution in [2.45, 2.75) is 6.92 Å². The molecule has 2 rings (SSSR count). The van der Waals surface area contributed by atoms with Gasteiger partial charge in [-0.25, -0.2) is 4.98 Å². The molecule has 0 radical (unpaired) electrons. The second-order valence-electron chi connectivity index (χ2n) is 3.16. The lowest BCUT2D eigenvalue weighted by Crippen LogP contribution is -1.80. The summed E-state index contributed by atoms with van der Waals surface area (Å²) in [4.78, 5) is 5.11. The molecule has 2 nitrogen and oxygen atoms in total. The number of aromatic nitrogens is 1. The van der Waals surface area contributed by atoms with Gasteiger partial charge in [-0.15, -0.1) is 11.3 Å². The van der Waals surface area contributed by atoms with E-state index in [2.05, 4.69) is 4.98 Å². The van der Waals surface area contributed by atoms with Gasteiger partial charge in [0.2, 0.25) is 0 Å². The zero-order chi connectivity index (χ0) is 11.7. The van der Waals surface area contributed by atoms with E-state index in [1.54, 1.807) is 12.1 Å². The SMILES string of the molecule is Cc1sc(-c2ccc(Cl)cc2Cl)nc1C#N. The number of hydrogen-bond acceptors (Lipinski definition) is 3. The first-order chi connectivity index (χ1) is 7.61. The number of benzene rings is 1. The third-order valence-corrected chi connectivity index (χ3v) is 3.62. The van der Waals surface area contributed by atoms with Crippen molar-refractivity contribution >= 4 is 34.5 Å². The molecule has 5 heteroatoms. The molecule has 0 saturated heterocycles. The van der Waals surface area contributed by atoms with Crippen LogP contribution in [0.4, 0.5) is 0 Å². The lowest BCUT2D eigenvalue weighted by Gasteiger charge is -1.99. The molecule has 0 bridgehead atoms. The van der Waals surface area contributed by atoms with Crippen molar-refractivity contribution in [1.29, 1.82) is 5.26 Å². The van der Waals surface area contributed by atoms with Gasteiger partial charge in [0.25, 0.3) is 0 Å². The highest BCUT2D eigenvalue weighted by atomic mass is 35.5. The monoisotopic (exact) mass is 268 g/mol. The molecule has 0 aliphatic carbocycles. The summed E-state index contributed by atoms with van der Waals surface area (Å²) >= 11 is 13.3. The first-order valence-electron chi connectivity index (χ1n) is 4.45. The standard InChI is InChI=1S/C11H6Cl2N2S/c1-6-10(5-14)15-11(16-6)8-3-2-7(12)4-9(8)13/h2-4H,1H3. The first kappa shape index (κ1) is 11.4. The Kier molecular flexibility index (Phi) is 3.15. The molecule has 16 heavy (non-hydrogen) atoms. The normalized spacial score (nSPS) is 10.1. The van der Waals surface area contributed by atoms with Gasteiger partial charge in [-0.3, -0.25) is 0 Å². The lowest BCUT2D eigenvalue weighted by atomic mass is 10.2. The Morgan fingerprint density at radius 3 is 2.69 bits per heavy atom. The van der Waals surface area contributed by atoms with Gasteiger partial charge in [-0.05, 0) is 25.1 Å². The molecule has 0 saturated carbocycles. The van der Waals surface area contributed by atoms with Crippen LogP contribution in [0, 0.1) is 18.3 Å². The van der Waals surface area contributed by atoms with Gasteiger partial charge in [-0.2, -0.15) is 5.26 Å². The maximum absolute atomic E-state index is 8.83. The number of halogens is 2. The molecule has 1 aromatic heterocycles. The minimum Gasteiger partial charge on any atom is -0.225 e. The smallest absolute Gasteiger partial charge is 0.155 e. The molecule has 0 unspecified atom stereocenters. The highest BCUT2D eigenvalue weighted by Gasteiger charge is 2.11. The van der Waals surface area contributed by atoms with Crippen molar-refractivity contribution in [3.63, 3.8) is 0 Å². The van der Waals surface area contributed by atoms with Crippen LogP contribution in [-0.4, -0.2) is 4.98 Å². The fraction of sp³-hybridized carbons (Fsp3) is 0.0909. The van der Waals surface area contributed by atoms with Crippen LogP contribution in [-0.2, 0) is 0 Å². The predicted octanol–water partition coefficient (Wildman–Crippen LogP) is 4.30. The Balaban J connectivity index is 2.55. The highest BCUT2D eigenvalue weighted by molar-refractivity contribution is 7.15. The van der Waals surface area contributed by atoms with E-state index in [0.29, 0.717) is 15.7 Å². The Labute approximate surface area is 107 Å². The van der Waals surface area contributed by atoms with E-state index in [1.807, 2.05) is 19.1 Å². The van der Waals surface area contributed by atoms with Crippen LogP contribution in [0.2, 0.25) is 10.0 Å². The summed E-state index contributed by atoms with van der Waals surface area (Å²) in [6, 6.07) is 7.28. The van der Waals surface area contributed by atoms with Gasteiger partial charge in [0.1, 0.15) is 11.1 Å². The van der Waals surface area contributed by atoms with Gasteiger partial charge in [-0.1, -0.05) is 23.2 Å². The quantitative estimate of drug-likeness (QED) is 0.774. The van der Waals surface area contributed by atoms with E-state index in [4.69, 9.17) is 28.5 Å². The van der Waals surface area contributed by atoms with E-state index >= 15 is 0 Å². The zero-order valence-electron chi connectivity index (χ0n) is 8.29. The maximum atomic E-state index is 8.83. The van der Waals surface area contributed by atoms with E-state index < -0.39 is 0 Å². The fourth-order valence-corrected chi connectivity index (χ4v) is 2.74. The van der Waals surface area contributed by atoms with Gasteiger partial charge in [0.05, 0.1) is 5.02 Å². The predicted molar refractivity (Wildman–Crippen MR) is 67.0 cm³/mol. The molecule has 0 N–H and O–H groups in total. The van der Waals surface area contributed by atoms with Crippen LogP contribution in [0.25, 0.3) is 10.6 Å². The van der Waals surface area contributed by atoms with E-state index in [0.717, 1.165) is 15.4 Å². The third kappa shape index (κ3) is 2.05. The van der Waals surface area contributed by atoms with Crippen molar-refractivity contribution in [1.82, 2.24) is 4.98 Å². The molecule has 0 aliphatic heterocycles. The van der Waals surface area contributed by atoms with Crippen LogP contribution >= 0.6 is 34.5 Å². The summed E-state index contributed by atoms with van der Waals surface area (Å²) in [5.74, 6) is 0. The third-order valence-electron chi connectivity index (χ3n) is 2.06. The summed E-state index contributed by atoms with van der Waals surface area (Å²) in [5, 5.41) is 10.7. The van der Waals surface area contributed by atoms with Gasteiger partial charge < -0.3 is 0 Å². The minimum atomic E-state index is 0.450. The van der Waals surface area contributed by atoms with Crippen LogP contribution in [0.15, 0.2) is 18.2 Å². The van der Waals surface area contributed by atoms with Crippen LogP contribution < -0.4 is 0 Å². The van der Waals surface area contributed by atoms with Crippen molar-refractivity contribution < 1.29 is 0 Å². The minimum absolute atomic E-state index is 0.450. The van der Waals surface area contributed by atoms with Crippen molar-refractivity contribution in [2.24, 2.45) is 0 Å². The van der Waals surface area contributed by atoms with Gasteiger partial charge in [0.15, 0.2) is 5.69 Å². The molecule has 80 valence electrons. The summed E-state index contributed by atoms with van der Waals surface area (Å²) in [6.07, 6.45) is 0. The Hall–Kier alpha value is -1.08. The molecule has 0 amide bonds. The molecule has 0 aliphatic rings. The number of aryl methyl sites for hydroxylation is 1. The molecule has 0 fully saturated rings. The summed E-state index contributed by atoms with van der Waals surface area (Å²) in [5.41, 5.74) is 1.26. The summed E-state index contributed by atoms with van der Waals surface area (Å²) < 4.78 is 0. The second-order valence-corrected chi connectivity index (χ2v) is 5.21. The van der Waals surface area contributed by atoms with Crippen molar-refractivity contribution in [3.8, 4) is 16.6 Å². The molecular weight excluding hydrogens is 263 g/mol. The Bertz CT molecular complexity index is 584. The van der Waals surface area contributed by atoms with E-state index in [-0.39, 0.29) is 0 Å². The average molecular weight is 269 g/mol. The summed E-state index contributed by atoms with van der Waals surface area (Å²) in [7, 11) is 0. The first-order valence-corrected chi connectivity index (χ1v) is 6.02. The van der Waals surface area contributed by atoms with Gasteiger partial charge >= 0.3 is 0 Å². The van der Waals surface area contributed by atoms with Crippen LogP contribution in [0.5, 0.6) is 0 Å². The Morgan fingerprint density at radius 2 is 2.12 bits per heavy atom. The molecule has 0 atom stereocenters. The van der Waals surface area contributed by atoms with E-state index in [1.165, 1.54) is 11.3 Å². The molecule has 1 aromatic carbocycles. The maximum Gasteiger partial charge on any atom is 0.155 e. The largest absolute Gasteiger partial charge is 0.225 e. The van der Waals surface area contributed by atoms with Crippen molar-refractivity contribution in [2.75, 3.05) is 0 Å². The number of nitrogens with zero attached hydrogens (tertiary/aromatic N) is 2. The lowest BCUT2D eigenvalue weighted by molar-refractivity contribution is 1.30. The fourth-order valence-electron chi connectivity index (χ4n) is 1.28. The highest BCUT2D eigenvalue weighted by Crippen LogP contribution is 2.33. The van der Waals surface area contributed by atoms with E-state index in [9.17, 15) is 0 Å². The number of nitriles is 1. The van der Waals surface area contributed by atoms with Gasteiger partial charge in [0, 0.05) is 15.5 Å². The van der Waals surface area contributed by atoms with Crippen molar-refractivity contribution in [3.05, 3.63) is 38.8 Å². The summed E-state index contributed by atoms with van der Waals surface area (Å²) in [6.45, 7) is 1.86. The molecule has 1 heterocycles. The molecule has 0 spiro atoms. The number of rotatable bonds is 1. The topological polar surface area (TPSA) is 36.7 Å². The number of hydrogen-bond donors (Lipinski definition) is 0. The zero-order valence-corrected chi connectivity index (χ0v) is 10.6. The molecule has 2 aromatic rings. The average Bonchev–Trinajstić information content (AvgIpc) is 2.59. The number of thiazole rings is 1. The molecular formula is C11H6Cl2N2S. The van der Waals surface area contributed by atoms with Crippen LogP contribution in [0.3, 0.4) is 0 Å². The Morgan fingerprint density at radius 1 is 1.38 bits per heavy atom. The second kappa shape index (κ2) is 4.42.